The van der Waals surface area contributed by atoms with Crippen molar-refractivity contribution < 1.29 is 5.11 Å². The summed E-state index contributed by atoms with van der Waals surface area (Å²) in [4.78, 5) is 2.79. The third kappa shape index (κ3) is 2.58. The number of hydrogen-bond acceptors (Lipinski definition) is 2. The summed E-state index contributed by atoms with van der Waals surface area (Å²) >= 11 is 1.88. The van der Waals surface area contributed by atoms with Crippen LogP contribution >= 0.6 is 11.3 Å². The molecule has 0 amide bonds. The molecule has 1 nitrogen and oxygen atoms in total. The summed E-state index contributed by atoms with van der Waals surface area (Å²) in [5, 5.41) is 10.3. The lowest BCUT2D eigenvalue weighted by molar-refractivity contribution is 0.0152. The molecule has 1 saturated carbocycles. The van der Waals surface area contributed by atoms with E-state index in [1.807, 2.05) is 11.3 Å². The molecule has 1 heterocycles. The molecule has 1 aliphatic rings. The SMILES string of the molecule is Cc1ccc(C(C)(C)C2CCC(C)CC2O)s1. The molecule has 96 valence electrons. The standard InChI is InChI=1S/C15H24OS/c1-10-5-7-12(13(16)9-10)15(3,4)14-8-6-11(2)17-14/h6,8,10,12-13,16H,5,7,9H2,1-4H3. The summed E-state index contributed by atoms with van der Waals surface area (Å²) in [7, 11) is 0. The van der Waals surface area contributed by atoms with Crippen LogP contribution in [0.5, 0.6) is 0 Å². The molecule has 3 atom stereocenters. The molecule has 0 bridgehead atoms. The molecule has 0 spiro atoms. The van der Waals surface area contributed by atoms with Crippen LogP contribution < -0.4 is 0 Å². The van der Waals surface area contributed by atoms with Crippen LogP contribution in [0.15, 0.2) is 12.1 Å². The van der Waals surface area contributed by atoms with Crippen molar-refractivity contribution in [1.29, 1.82) is 0 Å². The summed E-state index contributed by atoms with van der Waals surface area (Å²) < 4.78 is 0. The average Bonchev–Trinajstić information content (AvgIpc) is 2.64. The highest BCUT2D eigenvalue weighted by molar-refractivity contribution is 7.12. The van der Waals surface area contributed by atoms with E-state index in [9.17, 15) is 5.11 Å². The monoisotopic (exact) mass is 252 g/mol. The Bertz CT molecular complexity index is 380. The van der Waals surface area contributed by atoms with Crippen molar-refractivity contribution in [3.8, 4) is 0 Å². The highest BCUT2D eigenvalue weighted by atomic mass is 32.1. The molecule has 0 saturated heterocycles. The number of hydrogen-bond donors (Lipinski definition) is 1. The van der Waals surface area contributed by atoms with Gasteiger partial charge in [-0.1, -0.05) is 27.2 Å². The maximum Gasteiger partial charge on any atom is 0.0579 e. The Morgan fingerprint density at radius 3 is 2.53 bits per heavy atom. The highest BCUT2D eigenvalue weighted by Crippen LogP contribution is 2.44. The van der Waals surface area contributed by atoms with Gasteiger partial charge in [-0.15, -0.1) is 11.3 Å². The van der Waals surface area contributed by atoms with Gasteiger partial charge in [-0.25, -0.2) is 0 Å². The van der Waals surface area contributed by atoms with Crippen molar-refractivity contribution in [2.75, 3.05) is 0 Å². The molecule has 17 heavy (non-hydrogen) atoms. The molecular formula is C15H24OS. The van der Waals surface area contributed by atoms with Gasteiger partial charge in [0.15, 0.2) is 0 Å². The van der Waals surface area contributed by atoms with Crippen molar-refractivity contribution in [3.63, 3.8) is 0 Å². The first-order chi connectivity index (χ1) is 7.91. The van der Waals surface area contributed by atoms with Crippen LogP contribution in [0.3, 0.4) is 0 Å². The van der Waals surface area contributed by atoms with E-state index in [2.05, 4.69) is 39.8 Å². The molecule has 0 aliphatic heterocycles. The summed E-state index contributed by atoms with van der Waals surface area (Å²) in [5.41, 5.74) is 0.110. The zero-order valence-electron chi connectivity index (χ0n) is 11.4. The number of thiophene rings is 1. The van der Waals surface area contributed by atoms with Crippen LogP contribution in [-0.2, 0) is 5.41 Å². The Kier molecular flexibility index (Phi) is 3.65. The number of rotatable bonds is 2. The molecule has 1 aliphatic carbocycles. The Balaban J connectivity index is 2.20. The van der Waals surface area contributed by atoms with Gasteiger partial charge >= 0.3 is 0 Å². The second-order valence-corrected chi connectivity index (χ2v) is 7.51. The Morgan fingerprint density at radius 2 is 2.00 bits per heavy atom. The van der Waals surface area contributed by atoms with Gasteiger partial charge in [0, 0.05) is 15.2 Å². The van der Waals surface area contributed by atoms with Gasteiger partial charge in [0.25, 0.3) is 0 Å². The Hall–Kier alpha value is -0.340. The zero-order valence-corrected chi connectivity index (χ0v) is 12.2. The lowest BCUT2D eigenvalue weighted by Crippen LogP contribution is -2.40. The van der Waals surface area contributed by atoms with Crippen molar-refractivity contribution in [3.05, 3.63) is 21.9 Å². The van der Waals surface area contributed by atoms with Crippen LogP contribution in [0.4, 0.5) is 0 Å². The summed E-state index contributed by atoms with van der Waals surface area (Å²) in [6.45, 7) is 9.00. The summed E-state index contributed by atoms with van der Waals surface area (Å²) in [6.07, 6.45) is 3.26. The second kappa shape index (κ2) is 4.74. The first kappa shape index (κ1) is 13.1. The summed E-state index contributed by atoms with van der Waals surface area (Å²) in [5.74, 6) is 1.10. The molecule has 1 fully saturated rings. The molecule has 2 rings (SSSR count). The maximum atomic E-state index is 10.3. The first-order valence-corrected chi connectivity index (χ1v) is 7.48. The zero-order chi connectivity index (χ0) is 12.6. The topological polar surface area (TPSA) is 20.2 Å². The summed E-state index contributed by atoms with van der Waals surface area (Å²) in [6, 6.07) is 4.43. The van der Waals surface area contributed by atoms with Gasteiger partial charge in [0.1, 0.15) is 0 Å². The van der Waals surface area contributed by atoms with Crippen molar-refractivity contribution in [2.24, 2.45) is 11.8 Å². The third-order valence-electron chi connectivity index (χ3n) is 4.38. The minimum Gasteiger partial charge on any atom is -0.393 e. The second-order valence-electron chi connectivity index (χ2n) is 6.22. The van der Waals surface area contributed by atoms with Gasteiger partial charge in [-0.2, -0.15) is 0 Å². The van der Waals surface area contributed by atoms with Crippen LogP contribution in [-0.4, -0.2) is 11.2 Å². The first-order valence-electron chi connectivity index (χ1n) is 6.66. The fraction of sp³-hybridized carbons (Fsp3) is 0.733. The molecule has 1 aromatic rings. The van der Waals surface area contributed by atoms with Crippen molar-refractivity contribution in [1.82, 2.24) is 0 Å². The normalized spacial score (nSPS) is 30.5. The van der Waals surface area contributed by atoms with E-state index in [0.717, 1.165) is 12.8 Å². The van der Waals surface area contributed by atoms with E-state index in [1.54, 1.807) is 0 Å². The van der Waals surface area contributed by atoms with Crippen LogP contribution in [0.1, 0.15) is 49.8 Å². The van der Waals surface area contributed by atoms with E-state index in [-0.39, 0.29) is 11.5 Å². The minimum atomic E-state index is -0.129. The third-order valence-corrected chi connectivity index (χ3v) is 5.72. The minimum absolute atomic E-state index is 0.110. The molecule has 2 heteroatoms. The number of aryl methyl sites for hydroxylation is 1. The smallest absolute Gasteiger partial charge is 0.0579 e. The fourth-order valence-corrected chi connectivity index (χ4v) is 4.19. The van der Waals surface area contributed by atoms with Crippen LogP contribution in [0, 0.1) is 18.8 Å². The molecular weight excluding hydrogens is 228 g/mol. The molecule has 0 radical (unpaired) electrons. The van der Waals surface area contributed by atoms with Crippen molar-refractivity contribution >= 4 is 11.3 Å². The van der Waals surface area contributed by atoms with E-state index in [1.165, 1.54) is 16.2 Å². The van der Waals surface area contributed by atoms with Gasteiger partial charge < -0.3 is 5.11 Å². The van der Waals surface area contributed by atoms with Gasteiger partial charge in [-0.3, -0.25) is 0 Å². The lowest BCUT2D eigenvalue weighted by Gasteiger charge is -2.41. The van der Waals surface area contributed by atoms with Crippen LogP contribution in [0.2, 0.25) is 0 Å². The Morgan fingerprint density at radius 1 is 1.29 bits per heavy atom. The largest absolute Gasteiger partial charge is 0.393 e. The predicted molar refractivity (Wildman–Crippen MR) is 74.6 cm³/mol. The quantitative estimate of drug-likeness (QED) is 0.839. The average molecular weight is 252 g/mol. The predicted octanol–water partition coefficient (Wildman–Crippen LogP) is 4.13. The molecule has 0 aromatic carbocycles. The van der Waals surface area contributed by atoms with Gasteiger partial charge in [0.05, 0.1) is 6.10 Å². The van der Waals surface area contributed by atoms with Crippen molar-refractivity contribution in [2.45, 2.75) is 58.5 Å². The van der Waals surface area contributed by atoms with E-state index < -0.39 is 0 Å². The van der Waals surface area contributed by atoms with E-state index in [4.69, 9.17) is 0 Å². The fourth-order valence-electron chi connectivity index (χ4n) is 3.16. The molecule has 1 aromatic heterocycles. The number of aliphatic hydroxyl groups excluding tert-OH is 1. The van der Waals surface area contributed by atoms with Crippen LogP contribution in [0.25, 0.3) is 0 Å². The lowest BCUT2D eigenvalue weighted by atomic mass is 9.67. The Labute approximate surface area is 109 Å². The van der Waals surface area contributed by atoms with E-state index >= 15 is 0 Å². The van der Waals surface area contributed by atoms with Gasteiger partial charge in [-0.05, 0) is 43.7 Å². The number of aliphatic hydroxyl groups is 1. The maximum absolute atomic E-state index is 10.3. The van der Waals surface area contributed by atoms with E-state index in [0.29, 0.717) is 11.8 Å². The molecule has 3 unspecified atom stereocenters. The van der Waals surface area contributed by atoms with Gasteiger partial charge in [0.2, 0.25) is 0 Å². The highest BCUT2D eigenvalue weighted by Gasteiger charge is 2.39. The molecule has 1 N–H and O–H groups in total.